The molecule has 9 nitrogen and oxygen atoms in total. The third-order valence-electron chi connectivity index (χ3n) is 5.60. The number of rotatable bonds is 5. The van der Waals surface area contributed by atoms with Crippen LogP contribution < -0.4 is 5.32 Å². The Labute approximate surface area is 193 Å². The largest absolute Gasteiger partial charge is 0.445 e. The summed E-state index contributed by atoms with van der Waals surface area (Å²) in [6.07, 6.45) is 7.98. The Morgan fingerprint density at radius 2 is 1.97 bits per heavy atom. The Morgan fingerprint density at radius 1 is 1.06 bits per heavy atom. The molecule has 0 saturated carbocycles. The van der Waals surface area contributed by atoms with Crippen LogP contribution in [0.2, 0.25) is 5.02 Å². The van der Waals surface area contributed by atoms with Crippen LogP contribution in [-0.4, -0.2) is 31.6 Å². The van der Waals surface area contributed by atoms with Gasteiger partial charge in [-0.15, -0.1) is 5.10 Å². The second-order valence-electron chi connectivity index (χ2n) is 7.73. The molecule has 1 saturated heterocycles. The third-order valence-corrected chi connectivity index (χ3v) is 6.01. The second-order valence-corrected chi connectivity index (χ2v) is 8.10. The van der Waals surface area contributed by atoms with Crippen molar-refractivity contribution >= 4 is 34.2 Å². The first kappa shape index (κ1) is 20.0. The van der Waals surface area contributed by atoms with E-state index < -0.39 is 0 Å². The number of ether oxygens (including phenoxy) is 1. The van der Waals surface area contributed by atoms with Gasteiger partial charge >= 0.3 is 6.01 Å². The van der Waals surface area contributed by atoms with Crippen LogP contribution in [0.15, 0.2) is 63.9 Å². The highest BCUT2D eigenvalue weighted by Gasteiger charge is 2.20. The molecule has 0 bridgehead atoms. The summed E-state index contributed by atoms with van der Waals surface area (Å²) in [4.78, 5) is 4.17. The van der Waals surface area contributed by atoms with Crippen molar-refractivity contribution in [3.63, 3.8) is 0 Å². The van der Waals surface area contributed by atoms with Gasteiger partial charge in [0.1, 0.15) is 6.26 Å². The maximum atomic E-state index is 6.68. The number of nitrogens with zero attached hydrogens (tertiary/aromatic N) is 5. The van der Waals surface area contributed by atoms with Crippen molar-refractivity contribution in [3.8, 4) is 22.9 Å². The number of hydrogen-bond acceptors (Lipinski definition) is 8. The summed E-state index contributed by atoms with van der Waals surface area (Å²) < 4.78 is 19.0. The molecule has 0 amide bonds. The molecule has 33 heavy (non-hydrogen) atoms. The van der Waals surface area contributed by atoms with Crippen molar-refractivity contribution in [1.29, 1.82) is 0 Å². The van der Waals surface area contributed by atoms with E-state index >= 15 is 0 Å². The van der Waals surface area contributed by atoms with Crippen molar-refractivity contribution in [1.82, 2.24) is 25.0 Å². The standard InChI is InChI=1S/C23H19ClN6O3/c24-20-16-13-26-30(19-6-1-2-10-31-19)18(16)8-7-17(20)27-23-29-28-22(33-23)15-5-3-4-14(12-15)21-25-9-11-32-21/h3-5,7-9,11-13,19H,1-2,6,10H2,(H,27,29). The van der Waals surface area contributed by atoms with Gasteiger partial charge in [-0.25, -0.2) is 9.67 Å². The van der Waals surface area contributed by atoms with Crippen LogP contribution in [0.25, 0.3) is 33.8 Å². The average molecular weight is 463 g/mol. The van der Waals surface area contributed by atoms with Crippen LogP contribution in [0, 0.1) is 0 Å². The van der Waals surface area contributed by atoms with Gasteiger partial charge in [-0.3, -0.25) is 0 Å². The van der Waals surface area contributed by atoms with E-state index in [1.54, 1.807) is 12.4 Å². The first-order chi connectivity index (χ1) is 16.3. The summed E-state index contributed by atoms with van der Waals surface area (Å²) in [5.41, 5.74) is 3.14. The lowest BCUT2D eigenvalue weighted by Crippen LogP contribution is -2.18. The van der Waals surface area contributed by atoms with Gasteiger partial charge in [0.15, 0.2) is 6.23 Å². The number of halogens is 1. The number of anilines is 2. The molecule has 1 atom stereocenters. The topological polar surface area (TPSA) is 104 Å². The van der Waals surface area contributed by atoms with E-state index in [0.29, 0.717) is 22.5 Å². The summed E-state index contributed by atoms with van der Waals surface area (Å²) >= 11 is 6.68. The predicted octanol–water partition coefficient (Wildman–Crippen LogP) is 5.84. The van der Waals surface area contributed by atoms with Gasteiger partial charge in [-0.1, -0.05) is 22.8 Å². The van der Waals surface area contributed by atoms with Gasteiger partial charge in [-0.2, -0.15) is 5.10 Å². The molecule has 2 aromatic carbocycles. The number of nitrogens with one attached hydrogen (secondary N) is 1. The molecule has 3 aromatic heterocycles. The number of oxazole rings is 1. The van der Waals surface area contributed by atoms with Crippen molar-refractivity contribution in [2.24, 2.45) is 0 Å². The van der Waals surface area contributed by atoms with E-state index in [4.69, 9.17) is 25.2 Å². The van der Waals surface area contributed by atoms with Crippen LogP contribution >= 0.6 is 11.6 Å². The van der Waals surface area contributed by atoms with Crippen molar-refractivity contribution < 1.29 is 13.6 Å². The highest BCUT2D eigenvalue weighted by molar-refractivity contribution is 6.38. The Bertz CT molecular complexity index is 1410. The number of benzene rings is 2. The fourth-order valence-electron chi connectivity index (χ4n) is 3.99. The van der Waals surface area contributed by atoms with Crippen LogP contribution in [0.5, 0.6) is 0 Å². The monoisotopic (exact) mass is 462 g/mol. The minimum Gasteiger partial charge on any atom is -0.445 e. The average Bonchev–Trinajstić information content (AvgIpc) is 3.63. The zero-order valence-electron chi connectivity index (χ0n) is 17.4. The third kappa shape index (κ3) is 3.75. The minimum atomic E-state index is -0.0586. The Kier molecular flexibility index (Phi) is 5.04. The Morgan fingerprint density at radius 3 is 2.79 bits per heavy atom. The number of aromatic nitrogens is 5. The van der Waals surface area contributed by atoms with E-state index in [-0.39, 0.29) is 12.2 Å². The lowest BCUT2D eigenvalue weighted by Gasteiger charge is -2.23. The summed E-state index contributed by atoms with van der Waals surface area (Å²) in [5, 5.41) is 17.3. The maximum absolute atomic E-state index is 6.68. The summed E-state index contributed by atoms with van der Waals surface area (Å²) in [6.45, 7) is 0.750. The highest BCUT2D eigenvalue weighted by atomic mass is 35.5. The van der Waals surface area contributed by atoms with E-state index in [0.717, 1.165) is 47.9 Å². The molecule has 1 aliphatic heterocycles. The van der Waals surface area contributed by atoms with Gasteiger partial charge in [0.25, 0.3) is 0 Å². The van der Waals surface area contributed by atoms with Crippen LogP contribution in [0.1, 0.15) is 25.5 Å². The SMILES string of the molecule is Clc1c(Nc2nnc(-c3cccc(-c4ncco4)c3)o2)ccc2c1cnn2C1CCCCO1. The molecule has 10 heteroatoms. The first-order valence-electron chi connectivity index (χ1n) is 10.6. The van der Waals surface area contributed by atoms with E-state index in [1.165, 1.54) is 6.26 Å². The molecule has 0 radical (unpaired) electrons. The Hall–Kier alpha value is -3.69. The summed E-state index contributed by atoms with van der Waals surface area (Å²) in [6, 6.07) is 11.6. The molecule has 1 N–H and O–H groups in total. The summed E-state index contributed by atoms with van der Waals surface area (Å²) in [5.74, 6) is 0.888. The van der Waals surface area contributed by atoms with E-state index in [9.17, 15) is 0 Å². The molecule has 4 heterocycles. The quantitative estimate of drug-likeness (QED) is 0.347. The predicted molar refractivity (Wildman–Crippen MR) is 122 cm³/mol. The zero-order valence-corrected chi connectivity index (χ0v) is 18.2. The molecule has 1 unspecified atom stereocenters. The van der Waals surface area contributed by atoms with Crippen LogP contribution in [0.3, 0.4) is 0 Å². The zero-order chi connectivity index (χ0) is 22.2. The van der Waals surface area contributed by atoms with Gasteiger partial charge in [0.05, 0.1) is 28.6 Å². The molecule has 0 aliphatic carbocycles. The number of hydrogen-bond donors (Lipinski definition) is 1. The molecule has 1 fully saturated rings. The molecule has 166 valence electrons. The smallest absolute Gasteiger partial charge is 0.320 e. The fraction of sp³-hybridized carbons (Fsp3) is 0.217. The van der Waals surface area contributed by atoms with Gasteiger partial charge in [-0.05, 0) is 49.6 Å². The molecular formula is C23H19ClN6O3. The van der Waals surface area contributed by atoms with Crippen molar-refractivity contribution in [2.75, 3.05) is 11.9 Å². The van der Waals surface area contributed by atoms with E-state index in [2.05, 4.69) is 25.6 Å². The molecule has 0 spiro atoms. The van der Waals surface area contributed by atoms with Crippen LogP contribution in [-0.2, 0) is 4.74 Å². The lowest BCUT2D eigenvalue weighted by molar-refractivity contribution is -0.0366. The lowest BCUT2D eigenvalue weighted by atomic mass is 10.1. The van der Waals surface area contributed by atoms with Gasteiger partial charge < -0.3 is 18.9 Å². The van der Waals surface area contributed by atoms with Crippen molar-refractivity contribution in [3.05, 3.63) is 60.1 Å². The summed E-state index contributed by atoms with van der Waals surface area (Å²) in [7, 11) is 0. The van der Waals surface area contributed by atoms with Crippen LogP contribution in [0.4, 0.5) is 11.7 Å². The number of fused-ring (bicyclic) bond motifs is 1. The van der Waals surface area contributed by atoms with E-state index in [1.807, 2.05) is 41.1 Å². The maximum Gasteiger partial charge on any atom is 0.320 e. The molecular weight excluding hydrogens is 444 g/mol. The fourth-order valence-corrected chi connectivity index (χ4v) is 4.24. The van der Waals surface area contributed by atoms with Crippen molar-refractivity contribution in [2.45, 2.75) is 25.5 Å². The second kappa shape index (κ2) is 8.34. The minimum absolute atomic E-state index is 0.0586. The highest BCUT2D eigenvalue weighted by Crippen LogP contribution is 2.35. The molecule has 6 rings (SSSR count). The Balaban J connectivity index is 1.26. The van der Waals surface area contributed by atoms with Gasteiger partial charge in [0.2, 0.25) is 11.8 Å². The molecule has 1 aliphatic rings. The molecule has 5 aromatic rings. The normalized spacial score (nSPS) is 16.3. The van der Waals surface area contributed by atoms with Gasteiger partial charge in [0, 0.05) is 23.1 Å². The first-order valence-corrected chi connectivity index (χ1v) is 11.0.